The third-order valence-corrected chi connectivity index (χ3v) is 3.45. The number of hydrogen-bond acceptors (Lipinski definition) is 2. The van der Waals surface area contributed by atoms with E-state index < -0.39 is 0 Å². The molecule has 0 radical (unpaired) electrons. The standard InChI is InChI=1S/C14H17ClN2O/c1-9(2)10-4-6-11(7-5-10)14-16-13(15)12(8-18)17(14)3/h4-7,9,18H,8H2,1-3H3. The molecule has 0 saturated carbocycles. The summed E-state index contributed by atoms with van der Waals surface area (Å²) in [5.41, 5.74) is 2.93. The molecule has 2 rings (SSSR count). The molecule has 0 unspecified atom stereocenters. The lowest BCUT2D eigenvalue weighted by molar-refractivity contribution is 0.273. The van der Waals surface area contributed by atoms with Crippen LogP contribution in [0.1, 0.15) is 31.0 Å². The second kappa shape index (κ2) is 5.12. The van der Waals surface area contributed by atoms with Gasteiger partial charge in [0.2, 0.25) is 0 Å². The van der Waals surface area contributed by atoms with E-state index in [2.05, 4.69) is 31.0 Å². The van der Waals surface area contributed by atoms with Gasteiger partial charge in [0, 0.05) is 12.6 Å². The Labute approximate surface area is 112 Å². The zero-order chi connectivity index (χ0) is 13.3. The molecule has 0 aliphatic carbocycles. The average Bonchev–Trinajstić information content (AvgIpc) is 2.64. The molecular formula is C14H17ClN2O. The van der Waals surface area contributed by atoms with Gasteiger partial charge in [0.05, 0.1) is 12.3 Å². The molecule has 1 N–H and O–H groups in total. The summed E-state index contributed by atoms with van der Waals surface area (Å²) in [6, 6.07) is 8.27. The number of halogens is 1. The van der Waals surface area contributed by atoms with E-state index in [1.165, 1.54) is 5.56 Å². The summed E-state index contributed by atoms with van der Waals surface area (Å²) in [5.74, 6) is 1.29. The maximum absolute atomic E-state index is 9.23. The molecule has 0 atom stereocenters. The maximum Gasteiger partial charge on any atom is 0.153 e. The van der Waals surface area contributed by atoms with Gasteiger partial charge in [0.25, 0.3) is 0 Å². The van der Waals surface area contributed by atoms with Crippen molar-refractivity contribution in [2.75, 3.05) is 0 Å². The highest BCUT2D eigenvalue weighted by Gasteiger charge is 2.13. The van der Waals surface area contributed by atoms with E-state index in [0.717, 1.165) is 11.4 Å². The molecule has 0 fully saturated rings. The zero-order valence-electron chi connectivity index (χ0n) is 10.8. The van der Waals surface area contributed by atoms with Crippen LogP contribution >= 0.6 is 11.6 Å². The number of aromatic nitrogens is 2. The van der Waals surface area contributed by atoms with E-state index in [1.807, 2.05) is 23.7 Å². The lowest BCUT2D eigenvalue weighted by Gasteiger charge is -2.07. The molecule has 96 valence electrons. The fourth-order valence-electron chi connectivity index (χ4n) is 1.95. The Morgan fingerprint density at radius 1 is 1.28 bits per heavy atom. The third kappa shape index (κ3) is 2.28. The van der Waals surface area contributed by atoms with Crippen molar-refractivity contribution in [2.24, 2.45) is 7.05 Å². The highest BCUT2D eigenvalue weighted by molar-refractivity contribution is 6.30. The monoisotopic (exact) mass is 264 g/mol. The Morgan fingerprint density at radius 3 is 2.33 bits per heavy atom. The van der Waals surface area contributed by atoms with Crippen LogP contribution in [-0.4, -0.2) is 14.7 Å². The van der Waals surface area contributed by atoms with Gasteiger partial charge in [-0.05, 0) is 11.5 Å². The summed E-state index contributed by atoms with van der Waals surface area (Å²) in [6.07, 6.45) is 0. The van der Waals surface area contributed by atoms with Crippen LogP contribution in [0, 0.1) is 0 Å². The van der Waals surface area contributed by atoms with Gasteiger partial charge in [-0.1, -0.05) is 49.7 Å². The van der Waals surface area contributed by atoms with Crippen LogP contribution in [0.4, 0.5) is 0 Å². The van der Waals surface area contributed by atoms with Gasteiger partial charge >= 0.3 is 0 Å². The highest BCUT2D eigenvalue weighted by Crippen LogP contribution is 2.26. The maximum atomic E-state index is 9.23. The second-order valence-corrected chi connectivity index (χ2v) is 5.02. The van der Waals surface area contributed by atoms with Crippen molar-refractivity contribution in [1.82, 2.24) is 9.55 Å². The van der Waals surface area contributed by atoms with Crippen molar-refractivity contribution in [3.8, 4) is 11.4 Å². The first-order chi connectivity index (χ1) is 8.54. The fourth-order valence-corrected chi connectivity index (χ4v) is 2.21. The molecule has 1 aromatic heterocycles. The van der Waals surface area contributed by atoms with Crippen LogP contribution in [-0.2, 0) is 13.7 Å². The van der Waals surface area contributed by atoms with Gasteiger partial charge in [0.15, 0.2) is 5.15 Å². The van der Waals surface area contributed by atoms with Crippen LogP contribution in [0.25, 0.3) is 11.4 Å². The minimum absolute atomic E-state index is 0.105. The molecule has 0 bridgehead atoms. The van der Waals surface area contributed by atoms with Gasteiger partial charge in [0.1, 0.15) is 5.82 Å². The van der Waals surface area contributed by atoms with Gasteiger partial charge in [-0.3, -0.25) is 0 Å². The first-order valence-corrected chi connectivity index (χ1v) is 6.34. The molecule has 0 amide bonds. The molecule has 0 spiro atoms. The van der Waals surface area contributed by atoms with Crippen molar-refractivity contribution in [3.63, 3.8) is 0 Å². The van der Waals surface area contributed by atoms with Gasteiger partial charge in [-0.2, -0.15) is 0 Å². The largest absolute Gasteiger partial charge is 0.390 e. The number of imidazole rings is 1. The molecule has 0 saturated heterocycles. The lowest BCUT2D eigenvalue weighted by atomic mass is 10.0. The summed E-state index contributed by atoms with van der Waals surface area (Å²) < 4.78 is 1.83. The smallest absolute Gasteiger partial charge is 0.153 e. The predicted molar refractivity (Wildman–Crippen MR) is 73.7 cm³/mol. The molecule has 3 nitrogen and oxygen atoms in total. The number of aliphatic hydroxyl groups excluding tert-OH is 1. The topological polar surface area (TPSA) is 38.1 Å². The third-order valence-electron chi connectivity index (χ3n) is 3.15. The van der Waals surface area contributed by atoms with Crippen LogP contribution < -0.4 is 0 Å². The van der Waals surface area contributed by atoms with E-state index in [0.29, 0.717) is 16.8 Å². The first kappa shape index (κ1) is 13.1. The van der Waals surface area contributed by atoms with Crippen LogP contribution in [0.15, 0.2) is 24.3 Å². The van der Waals surface area contributed by atoms with Gasteiger partial charge < -0.3 is 9.67 Å². The van der Waals surface area contributed by atoms with Crippen molar-refractivity contribution in [3.05, 3.63) is 40.7 Å². The van der Waals surface area contributed by atoms with Crippen molar-refractivity contribution >= 4 is 11.6 Å². The van der Waals surface area contributed by atoms with E-state index in [1.54, 1.807) is 0 Å². The summed E-state index contributed by atoms with van der Waals surface area (Å²) in [6.45, 7) is 4.22. The minimum Gasteiger partial charge on any atom is -0.390 e. The van der Waals surface area contributed by atoms with Crippen LogP contribution in [0.3, 0.4) is 0 Å². The normalized spacial score (nSPS) is 11.2. The molecule has 0 aliphatic rings. The molecule has 1 aromatic carbocycles. The number of nitrogens with zero attached hydrogens (tertiary/aromatic N) is 2. The summed E-state index contributed by atoms with van der Waals surface area (Å²) >= 11 is 5.99. The van der Waals surface area contributed by atoms with Crippen molar-refractivity contribution in [1.29, 1.82) is 0 Å². The van der Waals surface area contributed by atoms with E-state index in [9.17, 15) is 5.11 Å². The number of benzene rings is 1. The molecule has 1 heterocycles. The van der Waals surface area contributed by atoms with Crippen LogP contribution in [0.2, 0.25) is 5.15 Å². The first-order valence-electron chi connectivity index (χ1n) is 5.97. The number of aliphatic hydroxyl groups is 1. The van der Waals surface area contributed by atoms with E-state index in [4.69, 9.17) is 11.6 Å². The number of hydrogen-bond donors (Lipinski definition) is 1. The van der Waals surface area contributed by atoms with Gasteiger partial charge in [-0.15, -0.1) is 0 Å². The Morgan fingerprint density at radius 2 is 1.89 bits per heavy atom. The summed E-state index contributed by atoms with van der Waals surface area (Å²) in [4.78, 5) is 4.29. The molecular weight excluding hydrogens is 248 g/mol. The lowest BCUT2D eigenvalue weighted by Crippen LogP contribution is -1.98. The SMILES string of the molecule is CC(C)c1ccc(-c2nc(Cl)c(CO)n2C)cc1. The van der Waals surface area contributed by atoms with Crippen molar-refractivity contribution < 1.29 is 5.11 Å². The highest BCUT2D eigenvalue weighted by atomic mass is 35.5. The van der Waals surface area contributed by atoms with E-state index in [-0.39, 0.29) is 6.61 Å². The molecule has 4 heteroatoms. The predicted octanol–water partition coefficient (Wildman–Crippen LogP) is 3.36. The summed E-state index contributed by atoms with van der Waals surface area (Å²) in [7, 11) is 1.86. The Balaban J connectivity index is 2.43. The van der Waals surface area contributed by atoms with Crippen molar-refractivity contribution in [2.45, 2.75) is 26.4 Å². The average molecular weight is 265 g/mol. The molecule has 2 aromatic rings. The zero-order valence-corrected chi connectivity index (χ0v) is 11.6. The number of rotatable bonds is 3. The quantitative estimate of drug-likeness (QED) is 0.923. The minimum atomic E-state index is -0.105. The molecule has 18 heavy (non-hydrogen) atoms. The molecule has 0 aliphatic heterocycles. The Bertz CT molecular complexity index is 544. The van der Waals surface area contributed by atoms with Crippen LogP contribution in [0.5, 0.6) is 0 Å². The Hall–Kier alpha value is -1.32. The second-order valence-electron chi connectivity index (χ2n) is 4.67. The Kier molecular flexibility index (Phi) is 3.73. The summed E-state index contributed by atoms with van der Waals surface area (Å²) in [5, 5.41) is 9.59. The van der Waals surface area contributed by atoms with E-state index >= 15 is 0 Å². The van der Waals surface area contributed by atoms with Gasteiger partial charge in [-0.25, -0.2) is 4.98 Å². The fraction of sp³-hybridized carbons (Fsp3) is 0.357.